The smallest absolute Gasteiger partial charge is 0.261 e. The van der Waals surface area contributed by atoms with E-state index in [-0.39, 0.29) is 17.1 Å². The van der Waals surface area contributed by atoms with Crippen LogP contribution in [0.4, 0.5) is 0 Å². The molecule has 2 fully saturated rings. The number of piperidine rings is 1. The molecule has 0 radical (unpaired) electrons. The first-order chi connectivity index (χ1) is 17.5. The summed E-state index contributed by atoms with van der Waals surface area (Å²) in [7, 11) is 0. The van der Waals surface area contributed by atoms with E-state index in [9.17, 15) is 15.0 Å². The average molecular weight is 482 g/mol. The molecule has 36 heavy (non-hydrogen) atoms. The first-order valence-electron chi connectivity index (χ1n) is 12.9. The quantitative estimate of drug-likeness (QED) is 0.393. The lowest BCUT2D eigenvalue weighted by atomic mass is 9.97. The molecule has 0 spiro atoms. The van der Waals surface area contributed by atoms with Gasteiger partial charge in [0.25, 0.3) is 5.56 Å². The van der Waals surface area contributed by atoms with Crippen LogP contribution < -0.4 is 5.56 Å². The minimum Gasteiger partial charge on any atom is -0.508 e. The first-order valence-corrected chi connectivity index (χ1v) is 12.9. The van der Waals surface area contributed by atoms with Gasteiger partial charge in [-0.1, -0.05) is 30.3 Å². The molecule has 3 aromatic carbocycles. The second-order valence-corrected chi connectivity index (χ2v) is 10.4. The Balaban J connectivity index is 1.43. The molecule has 1 aliphatic heterocycles. The van der Waals surface area contributed by atoms with Gasteiger partial charge >= 0.3 is 0 Å². The van der Waals surface area contributed by atoms with E-state index in [1.165, 1.54) is 19.4 Å². The van der Waals surface area contributed by atoms with Gasteiger partial charge in [-0.3, -0.25) is 9.36 Å². The maximum Gasteiger partial charge on any atom is 0.261 e. The number of hydrogen-bond donors (Lipinski definition) is 2. The van der Waals surface area contributed by atoms with Crippen LogP contribution >= 0.6 is 0 Å². The van der Waals surface area contributed by atoms with E-state index in [1.807, 2.05) is 42.5 Å². The van der Waals surface area contributed by atoms with Gasteiger partial charge in [-0.2, -0.15) is 0 Å². The van der Waals surface area contributed by atoms with Crippen LogP contribution in [0.5, 0.6) is 11.5 Å². The topological polar surface area (TPSA) is 78.6 Å². The molecule has 184 valence electrons. The van der Waals surface area contributed by atoms with E-state index < -0.39 is 0 Å². The van der Waals surface area contributed by atoms with Crippen molar-refractivity contribution in [3.8, 4) is 34.0 Å². The number of para-hydroxylation sites is 1. The van der Waals surface area contributed by atoms with Crippen molar-refractivity contribution in [2.75, 3.05) is 19.6 Å². The Morgan fingerprint density at radius 2 is 1.64 bits per heavy atom. The van der Waals surface area contributed by atoms with Crippen molar-refractivity contribution in [3.05, 3.63) is 77.1 Å². The SMILES string of the molecule is O=c1c2cc(-c3ccc(O)cc3)ccc2nc(-c2ccccc2O)n1CC1CCCN(CC2CC2)C1. The third-order valence-corrected chi connectivity index (χ3v) is 7.56. The maximum atomic E-state index is 14.0. The van der Waals surface area contributed by atoms with Crippen molar-refractivity contribution < 1.29 is 10.2 Å². The molecule has 6 rings (SSSR count). The zero-order valence-corrected chi connectivity index (χ0v) is 20.3. The highest BCUT2D eigenvalue weighted by molar-refractivity contribution is 5.85. The Bertz CT molecular complexity index is 1460. The summed E-state index contributed by atoms with van der Waals surface area (Å²) in [5, 5.41) is 20.9. The number of rotatable bonds is 6. The number of hydrogen-bond acceptors (Lipinski definition) is 5. The Labute approximate surface area is 210 Å². The molecule has 2 aliphatic rings. The van der Waals surface area contributed by atoms with Crippen LogP contribution in [0.15, 0.2) is 71.5 Å². The summed E-state index contributed by atoms with van der Waals surface area (Å²) in [6.45, 7) is 3.88. The third kappa shape index (κ3) is 4.61. The normalized spacial score (nSPS) is 18.5. The molecule has 2 heterocycles. The fourth-order valence-corrected chi connectivity index (χ4v) is 5.48. The fourth-order valence-electron chi connectivity index (χ4n) is 5.48. The summed E-state index contributed by atoms with van der Waals surface area (Å²) in [5.74, 6) is 2.06. The summed E-state index contributed by atoms with van der Waals surface area (Å²) in [6, 6.07) is 19.8. The molecule has 1 aliphatic carbocycles. The second kappa shape index (κ2) is 9.43. The van der Waals surface area contributed by atoms with E-state index in [2.05, 4.69) is 4.90 Å². The lowest BCUT2D eigenvalue weighted by Crippen LogP contribution is -2.39. The largest absolute Gasteiger partial charge is 0.508 e. The van der Waals surface area contributed by atoms with Gasteiger partial charge in [0.2, 0.25) is 0 Å². The van der Waals surface area contributed by atoms with Crippen LogP contribution in [0.1, 0.15) is 25.7 Å². The molecular formula is C30H31N3O3. The van der Waals surface area contributed by atoms with Crippen molar-refractivity contribution in [2.24, 2.45) is 11.8 Å². The molecule has 1 unspecified atom stereocenters. The van der Waals surface area contributed by atoms with Crippen LogP contribution in [0, 0.1) is 11.8 Å². The van der Waals surface area contributed by atoms with E-state index in [4.69, 9.17) is 4.98 Å². The van der Waals surface area contributed by atoms with E-state index in [0.717, 1.165) is 43.0 Å². The summed E-state index contributed by atoms with van der Waals surface area (Å²) in [6.07, 6.45) is 4.91. The predicted octanol–water partition coefficient (Wildman–Crippen LogP) is 5.26. The number of phenols is 2. The van der Waals surface area contributed by atoms with Gasteiger partial charge < -0.3 is 15.1 Å². The molecule has 1 atom stereocenters. The Morgan fingerprint density at radius 1 is 0.861 bits per heavy atom. The van der Waals surface area contributed by atoms with E-state index >= 15 is 0 Å². The highest BCUT2D eigenvalue weighted by Crippen LogP contribution is 2.33. The highest BCUT2D eigenvalue weighted by atomic mass is 16.3. The monoisotopic (exact) mass is 481 g/mol. The predicted molar refractivity (Wildman–Crippen MR) is 142 cm³/mol. The molecule has 2 N–H and O–H groups in total. The zero-order chi connectivity index (χ0) is 24.6. The zero-order valence-electron chi connectivity index (χ0n) is 20.3. The summed E-state index contributed by atoms with van der Waals surface area (Å²) < 4.78 is 1.78. The molecule has 6 nitrogen and oxygen atoms in total. The Kier molecular flexibility index (Phi) is 5.97. The van der Waals surface area contributed by atoms with Gasteiger partial charge in [0.15, 0.2) is 0 Å². The molecule has 1 saturated carbocycles. The Hall–Kier alpha value is -3.64. The van der Waals surface area contributed by atoms with Crippen LogP contribution in [0.3, 0.4) is 0 Å². The van der Waals surface area contributed by atoms with Gasteiger partial charge in [0.05, 0.1) is 16.5 Å². The molecular weight excluding hydrogens is 450 g/mol. The minimum atomic E-state index is -0.0850. The summed E-state index contributed by atoms with van der Waals surface area (Å²) in [4.78, 5) is 21.5. The van der Waals surface area contributed by atoms with Crippen LogP contribution in [0.2, 0.25) is 0 Å². The van der Waals surface area contributed by atoms with Crippen LogP contribution in [-0.2, 0) is 6.54 Å². The van der Waals surface area contributed by atoms with Crippen LogP contribution in [-0.4, -0.2) is 44.3 Å². The van der Waals surface area contributed by atoms with Crippen molar-refractivity contribution >= 4 is 10.9 Å². The fraction of sp³-hybridized carbons (Fsp3) is 0.333. The van der Waals surface area contributed by atoms with Gasteiger partial charge in [0.1, 0.15) is 17.3 Å². The van der Waals surface area contributed by atoms with Gasteiger partial charge in [-0.15, -0.1) is 0 Å². The average Bonchev–Trinajstić information content (AvgIpc) is 3.71. The number of benzene rings is 3. The Morgan fingerprint density at radius 3 is 2.42 bits per heavy atom. The molecule has 0 amide bonds. The van der Waals surface area contributed by atoms with E-state index in [0.29, 0.717) is 34.8 Å². The van der Waals surface area contributed by atoms with E-state index in [1.54, 1.807) is 28.8 Å². The molecule has 1 aromatic heterocycles. The number of likely N-dealkylation sites (tertiary alicyclic amines) is 1. The third-order valence-electron chi connectivity index (χ3n) is 7.56. The molecule has 6 heteroatoms. The molecule has 1 saturated heterocycles. The minimum absolute atomic E-state index is 0.0850. The lowest BCUT2D eigenvalue weighted by molar-refractivity contribution is 0.156. The van der Waals surface area contributed by atoms with Crippen molar-refractivity contribution in [3.63, 3.8) is 0 Å². The summed E-state index contributed by atoms with van der Waals surface area (Å²) in [5.41, 5.74) is 2.92. The van der Waals surface area contributed by atoms with Gasteiger partial charge in [-0.05, 0) is 91.6 Å². The lowest BCUT2D eigenvalue weighted by Gasteiger charge is -2.33. The number of phenolic OH excluding ortho intramolecular Hbond substituents is 2. The molecule has 0 bridgehead atoms. The highest BCUT2D eigenvalue weighted by Gasteiger charge is 2.28. The summed E-state index contributed by atoms with van der Waals surface area (Å²) >= 11 is 0. The molecule has 4 aromatic rings. The van der Waals surface area contributed by atoms with Crippen molar-refractivity contribution in [1.29, 1.82) is 0 Å². The van der Waals surface area contributed by atoms with Crippen molar-refractivity contribution in [2.45, 2.75) is 32.2 Å². The standard InChI is InChI=1S/C30H31N3O3/c34-24-12-9-22(10-13-24)23-11-14-27-26(16-23)30(36)33(29(31-27)25-5-1-2-6-28(25)35)19-21-4-3-15-32(18-21)17-20-7-8-20/h1-2,5-6,9-14,16,20-21,34-35H,3-4,7-8,15,17-19H2. The number of fused-ring (bicyclic) bond motifs is 1. The number of aromatic nitrogens is 2. The number of aromatic hydroxyl groups is 2. The first kappa shape index (κ1) is 22.8. The number of nitrogens with zero attached hydrogens (tertiary/aromatic N) is 3. The second-order valence-electron chi connectivity index (χ2n) is 10.4. The van der Waals surface area contributed by atoms with Gasteiger partial charge in [0, 0.05) is 19.6 Å². The van der Waals surface area contributed by atoms with Crippen LogP contribution in [0.25, 0.3) is 33.4 Å². The van der Waals surface area contributed by atoms with Crippen molar-refractivity contribution in [1.82, 2.24) is 14.5 Å². The maximum absolute atomic E-state index is 14.0. The van der Waals surface area contributed by atoms with Gasteiger partial charge in [-0.25, -0.2) is 4.98 Å².